The van der Waals surface area contributed by atoms with Crippen LogP contribution in [-0.4, -0.2) is 68.9 Å². The molecule has 1 saturated heterocycles. The quantitative estimate of drug-likeness (QED) is 0.309. The maximum Gasteiger partial charge on any atom is 0.230 e. The fraction of sp³-hybridized carbons (Fsp3) is 0.846. The lowest BCUT2D eigenvalue weighted by Crippen LogP contribution is -2.56. The smallest absolute Gasteiger partial charge is 0.230 e. The van der Waals surface area contributed by atoms with Crippen molar-refractivity contribution in [1.29, 1.82) is 0 Å². The Labute approximate surface area is 117 Å². The zero-order valence-electron chi connectivity index (χ0n) is 11.7. The van der Waals surface area contributed by atoms with Gasteiger partial charge in [-0.25, -0.2) is 4.90 Å². The number of fused-ring (bicyclic) bond motifs is 1. The summed E-state index contributed by atoms with van der Waals surface area (Å²) in [6.45, 7) is 4.38. The second-order valence-corrected chi connectivity index (χ2v) is 5.99. The summed E-state index contributed by atoms with van der Waals surface area (Å²) in [6.07, 6.45) is 2.07. The number of aliphatic hydroxyl groups is 1. The molecule has 0 amide bonds. The van der Waals surface area contributed by atoms with E-state index in [1.54, 1.807) is 0 Å². The molecule has 0 bridgehead atoms. The van der Waals surface area contributed by atoms with Gasteiger partial charge in [-0.1, -0.05) is 5.16 Å². The largest absolute Gasteiger partial charge is 0.622 e. The van der Waals surface area contributed by atoms with Gasteiger partial charge in [0.2, 0.25) is 11.4 Å². The number of nitrogens with zero attached hydrogens (tertiary/aromatic N) is 3. The van der Waals surface area contributed by atoms with Gasteiger partial charge in [0.15, 0.2) is 5.60 Å². The van der Waals surface area contributed by atoms with Crippen molar-refractivity contribution >= 4 is 11.4 Å². The van der Waals surface area contributed by atoms with E-state index in [2.05, 4.69) is 10.1 Å². The number of morpholine rings is 1. The van der Waals surface area contributed by atoms with E-state index < -0.39 is 11.3 Å². The van der Waals surface area contributed by atoms with E-state index in [4.69, 9.17) is 9.94 Å². The molecule has 20 heavy (non-hydrogen) atoms. The molecule has 3 aliphatic rings. The Hall–Kier alpha value is -1.18. The summed E-state index contributed by atoms with van der Waals surface area (Å²) in [7, 11) is 0. The van der Waals surface area contributed by atoms with Crippen molar-refractivity contribution in [2.75, 3.05) is 26.3 Å². The molecule has 0 spiro atoms. The maximum absolute atomic E-state index is 12.7. The van der Waals surface area contributed by atoms with Gasteiger partial charge in [0.25, 0.3) is 0 Å². The minimum absolute atomic E-state index is 0.248. The van der Waals surface area contributed by atoms with Gasteiger partial charge < -0.3 is 20.3 Å². The number of hydroxylamine groups is 1. The van der Waals surface area contributed by atoms with Crippen molar-refractivity contribution in [3.05, 3.63) is 5.21 Å². The Morgan fingerprint density at radius 3 is 2.70 bits per heavy atom. The fourth-order valence-electron chi connectivity index (χ4n) is 3.74. The Balaban J connectivity index is 1.98. The molecule has 0 aromatic rings. The molecule has 1 aliphatic carbocycles. The molecule has 2 atom stereocenters. The van der Waals surface area contributed by atoms with Crippen molar-refractivity contribution in [2.45, 2.75) is 43.9 Å². The summed E-state index contributed by atoms with van der Waals surface area (Å²) in [5.41, 5.74) is -1.43. The molecule has 2 fully saturated rings. The van der Waals surface area contributed by atoms with Gasteiger partial charge in [-0.15, -0.1) is 0 Å². The van der Waals surface area contributed by atoms with Crippen LogP contribution in [0.4, 0.5) is 0 Å². The Morgan fingerprint density at radius 2 is 2.05 bits per heavy atom. The molecule has 2 N–H and O–H groups in total. The van der Waals surface area contributed by atoms with Gasteiger partial charge in [0.05, 0.1) is 25.3 Å². The zero-order valence-corrected chi connectivity index (χ0v) is 11.7. The lowest BCUT2D eigenvalue weighted by Gasteiger charge is -2.38. The van der Waals surface area contributed by atoms with E-state index in [1.807, 2.05) is 6.92 Å². The first-order valence-electron chi connectivity index (χ1n) is 7.12. The predicted octanol–water partition coefficient (Wildman–Crippen LogP) is 0.135. The summed E-state index contributed by atoms with van der Waals surface area (Å²) in [4.78, 5) is 2.06. The molecule has 7 heteroatoms. The molecule has 1 saturated carbocycles. The summed E-state index contributed by atoms with van der Waals surface area (Å²) >= 11 is 0. The van der Waals surface area contributed by atoms with Gasteiger partial charge in [0.1, 0.15) is 0 Å². The second-order valence-electron chi connectivity index (χ2n) is 5.99. The van der Waals surface area contributed by atoms with Crippen LogP contribution < -0.4 is 0 Å². The number of oxime groups is 1. The number of hydrogen-bond donors (Lipinski definition) is 2. The molecular weight excluding hydrogens is 262 g/mol. The lowest BCUT2D eigenvalue weighted by atomic mass is 9.78. The Morgan fingerprint density at radius 1 is 1.35 bits per heavy atom. The maximum atomic E-state index is 12.7. The first kappa shape index (κ1) is 13.8. The van der Waals surface area contributed by atoms with E-state index >= 15 is 0 Å². The van der Waals surface area contributed by atoms with Gasteiger partial charge in [0, 0.05) is 26.4 Å². The van der Waals surface area contributed by atoms with Gasteiger partial charge in [-0.2, -0.15) is 4.74 Å². The lowest BCUT2D eigenvalue weighted by molar-refractivity contribution is -0.572. The summed E-state index contributed by atoms with van der Waals surface area (Å²) < 4.78 is 6.28. The minimum Gasteiger partial charge on any atom is -0.622 e. The van der Waals surface area contributed by atoms with Crippen LogP contribution >= 0.6 is 0 Å². The zero-order chi connectivity index (χ0) is 14.4. The van der Waals surface area contributed by atoms with E-state index in [0.717, 1.165) is 11.2 Å². The topological polar surface area (TPSA) is 91.4 Å². The molecule has 7 nitrogen and oxygen atoms in total. The molecular formula is C13H21N3O4. The monoisotopic (exact) mass is 283 g/mol. The highest BCUT2D eigenvalue weighted by Gasteiger charge is 2.62. The molecule has 0 aromatic heterocycles. The van der Waals surface area contributed by atoms with Crippen molar-refractivity contribution in [3.63, 3.8) is 0 Å². The summed E-state index contributed by atoms with van der Waals surface area (Å²) in [6, 6.07) is 0. The van der Waals surface area contributed by atoms with Gasteiger partial charge in [-0.05, 0) is 12.8 Å². The average molecular weight is 283 g/mol. The number of hydrogen-bond acceptors (Lipinski definition) is 6. The summed E-state index contributed by atoms with van der Waals surface area (Å²) in [5, 5.41) is 36.0. The summed E-state index contributed by atoms with van der Waals surface area (Å²) in [5.74, 6) is 0. The van der Waals surface area contributed by atoms with Crippen LogP contribution in [0.5, 0.6) is 0 Å². The van der Waals surface area contributed by atoms with E-state index in [1.165, 1.54) is 0 Å². The van der Waals surface area contributed by atoms with E-state index in [-0.39, 0.29) is 6.42 Å². The highest BCUT2D eigenvalue weighted by molar-refractivity contribution is 6.15. The molecule has 112 valence electrons. The first-order chi connectivity index (χ1) is 9.52. The molecule has 3 rings (SSSR count). The third-order valence-corrected chi connectivity index (χ3v) is 4.87. The van der Waals surface area contributed by atoms with Crippen molar-refractivity contribution in [2.24, 2.45) is 5.16 Å². The van der Waals surface area contributed by atoms with Crippen molar-refractivity contribution in [1.82, 2.24) is 4.90 Å². The average Bonchev–Trinajstić information content (AvgIpc) is 2.68. The molecule has 0 aromatic carbocycles. The van der Waals surface area contributed by atoms with Crippen LogP contribution in [0.1, 0.15) is 32.6 Å². The van der Waals surface area contributed by atoms with Crippen LogP contribution in [-0.2, 0) is 4.74 Å². The standard InChI is InChI=1S/C13H21N3O4/c1-12(15-5-7-20-8-6-15)9-13(17)10(14-18)3-2-4-11(13)16(12)19/h17-18H,2-9H2,1H3/b14-10+/t12-,13-/m1/s1. The van der Waals surface area contributed by atoms with Crippen molar-refractivity contribution in [3.8, 4) is 0 Å². The normalized spacial score (nSPS) is 41.2. The SMILES string of the molecule is C[C@]1(N2CCOCC2)C[C@]2(O)C(=[N+]1[O-])CCC/C2=N\O. The molecule has 0 unspecified atom stereocenters. The second kappa shape index (κ2) is 4.68. The van der Waals surface area contributed by atoms with Crippen LogP contribution in [0.15, 0.2) is 5.16 Å². The van der Waals surface area contributed by atoms with Crippen molar-refractivity contribution < 1.29 is 19.8 Å². The molecule has 0 radical (unpaired) electrons. The van der Waals surface area contributed by atoms with E-state index in [0.29, 0.717) is 50.6 Å². The van der Waals surface area contributed by atoms with Gasteiger partial charge in [-0.3, -0.25) is 0 Å². The third kappa shape index (κ3) is 1.77. The van der Waals surface area contributed by atoms with Gasteiger partial charge >= 0.3 is 0 Å². The minimum atomic E-state index is -1.39. The Kier molecular flexibility index (Phi) is 3.23. The fourth-order valence-corrected chi connectivity index (χ4v) is 3.74. The molecule has 2 aliphatic heterocycles. The number of rotatable bonds is 1. The van der Waals surface area contributed by atoms with Crippen LogP contribution in [0.2, 0.25) is 0 Å². The van der Waals surface area contributed by atoms with Crippen LogP contribution in [0.25, 0.3) is 0 Å². The van der Waals surface area contributed by atoms with Crippen LogP contribution in [0.3, 0.4) is 0 Å². The first-order valence-corrected chi connectivity index (χ1v) is 7.12. The molecule has 2 heterocycles. The predicted molar refractivity (Wildman–Crippen MR) is 72.1 cm³/mol. The Bertz CT molecular complexity index is 472. The highest BCUT2D eigenvalue weighted by Crippen LogP contribution is 2.40. The highest BCUT2D eigenvalue weighted by atomic mass is 16.5. The van der Waals surface area contributed by atoms with Crippen LogP contribution in [0, 0.1) is 5.21 Å². The van der Waals surface area contributed by atoms with E-state index in [9.17, 15) is 10.3 Å². The number of ether oxygens (including phenoxy) is 1. The third-order valence-electron chi connectivity index (χ3n) is 4.87.